The molecule has 1 aliphatic heterocycles. The SMILES string of the molecule is COC(=O)c1ccc2c(c1)[nH]c1nc(Cc3cccc(C4(C(F)(F)F)N=N4)c3)nc(NCCCNCCCN)c12. The topological polar surface area (TPSA) is 143 Å². The number of anilines is 1. The van der Waals surface area contributed by atoms with E-state index < -0.39 is 17.8 Å². The molecule has 0 saturated carbocycles. The van der Waals surface area contributed by atoms with Crippen molar-refractivity contribution in [3.63, 3.8) is 0 Å². The van der Waals surface area contributed by atoms with Crippen molar-refractivity contribution in [2.24, 2.45) is 16.0 Å². The Morgan fingerprint density at radius 3 is 2.60 bits per heavy atom. The largest absolute Gasteiger partial charge is 0.465 e. The number of hydrogen-bond donors (Lipinski definition) is 4. The van der Waals surface area contributed by atoms with E-state index in [1.807, 2.05) is 6.07 Å². The minimum Gasteiger partial charge on any atom is -0.465 e. The molecule has 0 bridgehead atoms. The number of halogens is 3. The molecule has 10 nitrogen and oxygen atoms in total. The average molecular weight is 555 g/mol. The number of esters is 1. The van der Waals surface area contributed by atoms with E-state index in [9.17, 15) is 18.0 Å². The van der Waals surface area contributed by atoms with Gasteiger partial charge in [0.1, 0.15) is 17.3 Å². The molecule has 0 unspecified atom stereocenters. The molecule has 0 radical (unpaired) electrons. The second-order valence-corrected chi connectivity index (χ2v) is 9.51. The van der Waals surface area contributed by atoms with Gasteiger partial charge < -0.3 is 26.1 Å². The number of methoxy groups -OCH3 is 1. The maximum Gasteiger partial charge on any atom is 0.442 e. The highest BCUT2D eigenvalue weighted by Crippen LogP contribution is 2.52. The van der Waals surface area contributed by atoms with Gasteiger partial charge in [0, 0.05) is 29.4 Å². The van der Waals surface area contributed by atoms with Crippen molar-refractivity contribution in [3.05, 3.63) is 65.0 Å². The Bertz CT molecular complexity index is 1560. The summed E-state index contributed by atoms with van der Waals surface area (Å²) in [7, 11) is 1.32. The van der Waals surface area contributed by atoms with E-state index in [1.54, 1.807) is 24.3 Å². The van der Waals surface area contributed by atoms with Gasteiger partial charge in [0.15, 0.2) is 0 Å². The van der Waals surface area contributed by atoms with Gasteiger partial charge in [0.05, 0.1) is 18.1 Å². The number of hydrogen-bond acceptors (Lipinski definition) is 9. The van der Waals surface area contributed by atoms with Crippen LogP contribution in [0, 0.1) is 0 Å². The minimum atomic E-state index is -4.61. The molecule has 3 heterocycles. The molecule has 1 aliphatic rings. The first-order valence-electron chi connectivity index (χ1n) is 12.9. The summed E-state index contributed by atoms with van der Waals surface area (Å²) < 4.78 is 45.5. The van der Waals surface area contributed by atoms with Crippen LogP contribution in [-0.2, 0) is 16.8 Å². The zero-order valence-electron chi connectivity index (χ0n) is 21.8. The number of nitrogens with one attached hydrogen (secondary N) is 3. The van der Waals surface area contributed by atoms with Crippen molar-refractivity contribution < 1.29 is 22.7 Å². The quantitative estimate of drug-likeness (QED) is 0.150. The van der Waals surface area contributed by atoms with Crippen molar-refractivity contribution in [1.82, 2.24) is 20.3 Å². The molecule has 4 aromatic rings. The number of nitrogens with zero attached hydrogens (tertiary/aromatic N) is 4. The first-order valence-corrected chi connectivity index (χ1v) is 12.9. The summed E-state index contributed by atoms with van der Waals surface area (Å²) >= 11 is 0. The van der Waals surface area contributed by atoms with Crippen LogP contribution in [0.5, 0.6) is 0 Å². The zero-order valence-corrected chi connectivity index (χ0v) is 21.8. The zero-order chi connectivity index (χ0) is 28.3. The molecule has 0 amide bonds. The van der Waals surface area contributed by atoms with Gasteiger partial charge in [0.2, 0.25) is 0 Å². The van der Waals surface area contributed by atoms with E-state index in [0.29, 0.717) is 47.0 Å². The molecular formula is C27H29F3N8O2. The van der Waals surface area contributed by atoms with E-state index in [0.717, 1.165) is 36.7 Å². The van der Waals surface area contributed by atoms with Crippen LogP contribution >= 0.6 is 0 Å². The number of H-pyrrole nitrogens is 1. The van der Waals surface area contributed by atoms with Gasteiger partial charge in [-0.15, -0.1) is 10.2 Å². The highest BCUT2D eigenvalue weighted by Gasteiger charge is 2.65. The molecule has 40 heavy (non-hydrogen) atoms. The van der Waals surface area contributed by atoms with Crippen LogP contribution in [-0.4, -0.2) is 60.4 Å². The van der Waals surface area contributed by atoms with Crippen LogP contribution in [0.3, 0.4) is 0 Å². The minimum absolute atomic E-state index is 0.0417. The summed E-state index contributed by atoms with van der Waals surface area (Å²) in [5.74, 6) is 0.547. The molecule has 5 rings (SSSR count). The Kier molecular flexibility index (Phi) is 7.68. The molecule has 0 fully saturated rings. The fourth-order valence-electron chi connectivity index (χ4n) is 4.59. The molecule has 2 aromatic carbocycles. The van der Waals surface area contributed by atoms with Gasteiger partial charge in [-0.05, 0) is 50.2 Å². The lowest BCUT2D eigenvalue weighted by Gasteiger charge is -2.15. The van der Waals surface area contributed by atoms with Crippen LogP contribution in [0.4, 0.5) is 19.0 Å². The standard InChI is InChI=1S/C27H29F3N8O2/c1-40-25(39)17-7-8-19-20(15-17)34-24-22(19)23(33-12-4-11-32-10-3-9-31)35-21(36-24)14-16-5-2-6-18(13-16)26(37-38-26)27(28,29)30/h2,5-8,13,15,32H,3-4,9-12,14,31H2,1H3,(H2,33,34,35,36). The molecule has 0 spiro atoms. The second-order valence-electron chi connectivity index (χ2n) is 9.51. The van der Waals surface area contributed by atoms with E-state index >= 15 is 0 Å². The van der Waals surface area contributed by atoms with Gasteiger partial charge in [-0.1, -0.05) is 30.3 Å². The van der Waals surface area contributed by atoms with Crippen molar-refractivity contribution in [1.29, 1.82) is 0 Å². The third-order valence-electron chi connectivity index (χ3n) is 6.69. The summed E-state index contributed by atoms with van der Waals surface area (Å²) in [6.45, 7) is 2.91. The summed E-state index contributed by atoms with van der Waals surface area (Å²) in [6.07, 6.45) is -2.69. The fraction of sp³-hybridized carbons (Fsp3) is 0.370. The monoisotopic (exact) mass is 554 g/mol. The fourth-order valence-corrected chi connectivity index (χ4v) is 4.59. The third kappa shape index (κ3) is 5.47. The van der Waals surface area contributed by atoms with Gasteiger partial charge in [-0.25, -0.2) is 14.8 Å². The molecule has 2 aromatic heterocycles. The summed E-state index contributed by atoms with van der Waals surface area (Å²) in [5.41, 5.74) is 5.21. The lowest BCUT2D eigenvalue weighted by molar-refractivity contribution is -0.166. The van der Waals surface area contributed by atoms with Crippen molar-refractivity contribution in [2.75, 3.05) is 38.6 Å². The number of fused-ring (bicyclic) bond motifs is 3. The summed E-state index contributed by atoms with van der Waals surface area (Å²) in [4.78, 5) is 24.7. The van der Waals surface area contributed by atoms with E-state index in [4.69, 9.17) is 15.5 Å². The molecule has 0 atom stereocenters. The summed E-state index contributed by atoms with van der Waals surface area (Å²) in [5, 5.41) is 14.9. The number of carbonyl (C=O) groups is 1. The van der Waals surface area contributed by atoms with Crippen LogP contribution in [0.25, 0.3) is 21.9 Å². The molecule has 5 N–H and O–H groups in total. The summed E-state index contributed by atoms with van der Waals surface area (Å²) in [6, 6.07) is 11.3. The maximum absolute atomic E-state index is 13.5. The number of nitrogens with two attached hydrogens (primary N) is 1. The molecule has 0 aliphatic carbocycles. The lowest BCUT2D eigenvalue weighted by atomic mass is 9.99. The number of benzene rings is 2. The van der Waals surface area contributed by atoms with Crippen LogP contribution in [0.15, 0.2) is 52.7 Å². The predicted octanol–water partition coefficient (Wildman–Crippen LogP) is 4.41. The Morgan fingerprint density at radius 2 is 1.88 bits per heavy atom. The van der Waals surface area contributed by atoms with E-state index in [2.05, 4.69) is 30.8 Å². The number of ether oxygens (including phenoxy) is 1. The normalized spacial score (nSPS) is 14.1. The second kappa shape index (κ2) is 11.2. The number of aromatic amines is 1. The lowest BCUT2D eigenvalue weighted by Crippen LogP contribution is -2.30. The molecular weight excluding hydrogens is 525 g/mol. The highest BCUT2D eigenvalue weighted by molar-refractivity contribution is 6.12. The molecule has 13 heteroatoms. The Labute approximate surface area is 227 Å². The smallest absolute Gasteiger partial charge is 0.442 e. The van der Waals surface area contributed by atoms with Gasteiger partial charge in [-0.2, -0.15) is 13.2 Å². The number of alkyl halides is 3. The highest BCUT2D eigenvalue weighted by atomic mass is 19.4. The average Bonchev–Trinajstić information content (AvgIpc) is 3.68. The van der Waals surface area contributed by atoms with Crippen molar-refractivity contribution in [2.45, 2.75) is 31.1 Å². The Morgan fingerprint density at radius 1 is 1.07 bits per heavy atom. The van der Waals surface area contributed by atoms with Gasteiger partial charge in [-0.3, -0.25) is 0 Å². The van der Waals surface area contributed by atoms with Crippen molar-refractivity contribution in [3.8, 4) is 0 Å². The van der Waals surface area contributed by atoms with Crippen molar-refractivity contribution >= 4 is 33.7 Å². The van der Waals surface area contributed by atoms with Gasteiger partial charge >= 0.3 is 17.8 Å². The van der Waals surface area contributed by atoms with Crippen LogP contribution < -0.4 is 16.4 Å². The van der Waals surface area contributed by atoms with Crippen LogP contribution in [0.2, 0.25) is 0 Å². The maximum atomic E-state index is 13.5. The van der Waals surface area contributed by atoms with E-state index in [1.165, 1.54) is 19.2 Å². The van der Waals surface area contributed by atoms with E-state index in [-0.39, 0.29) is 12.0 Å². The predicted molar refractivity (Wildman–Crippen MR) is 144 cm³/mol. The Hall–Kier alpha value is -4.10. The third-order valence-corrected chi connectivity index (χ3v) is 6.69. The van der Waals surface area contributed by atoms with Gasteiger partial charge in [0.25, 0.3) is 0 Å². The van der Waals surface area contributed by atoms with Crippen LogP contribution in [0.1, 0.15) is 40.2 Å². The number of rotatable bonds is 12. The first kappa shape index (κ1) is 27.5. The number of carbonyl (C=O) groups excluding carboxylic acids is 1. The first-order chi connectivity index (χ1) is 19.3. The Balaban J connectivity index is 1.45. The number of aromatic nitrogens is 3. The molecule has 0 saturated heterocycles. The molecule has 210 valence electrons.